The van der Waals surface area contributed by atoms with E-state index in [2.05, 4.69) is 0 Å². The van der Waals surface area contributed by atoms with Crippen molar-refractivity contribution in [3.8, 4) is 33.4 Å². The predicted molar refractivity (Wildman–Crippen MR) is 212 cm³/mol. The first kappa shape index (κ1) is 16.3. The molecule has 0 aliphatic rings. The summed E-state index contributed by atoms with van der Waals surface area (Å²) in [6.07, 6.45) is -0.661. The van der Waals surface area contributed by atoms with Gasteiger partial charge in [0.05, 0.1) is 23.3 Å². The molecular formula is C49H32O. The molecule has 0 fully saturated rings. The molecule has 0 radical (unpaired) electrons. The highest BCUT2D eigenvalue weighted by molar-refractivity contribution is 6.16. The zero-order chi connectivity index (χ0) is 47.8. The van der Waals surface area contributed by atoms with Crippen LogP contribution in [0.1, 0.15) is 34.4 Å². The lowest BCUT2D eigenvalue weighted by Gasteiger charge is -2.18. The van der Waals surface area contributed by atoms with Crippen molar-refractivity contribution < 1.29 is 27.7 Å². The van der Waals surface area contributed by atoms with Crippen molar-refractivity contribution in [1.82, 2.24) is 0 Å². The quantitative estimate of drug-likeness (QED) is 0.169. The fourth-order valence-corrected chi connectivity index (χ4v) is 6.88. The molecule has 0 saturated carbocycles. The van der Waals surface area contributed by atoms with E-state index < -0.39 is 131 Å². The van der Waals surface area contributed by atoms with Gasteiger partial charge in [-0.05, 0) is 89.8 Å². The lowest BCUT2D eigenvalue weighted by molar-refractivity contribution is 0.670. The van der Waals surface area contributed by atoms with Crippen LogP contribution in [0.2, 0.25) is 0 Å². The van der Waals surface area contributed by atoms with E-state index >= 15 is 0 Å². The average molecular weight is 654 g/mol. The summed E-state index contributed by atoms with van der Waals surface area (Å²) in [5, 5.41) is 1.94. The maximum absolute atomic E-state index is 9.60. The lowest BCUT2D eigenvalue weighted by atomic mass is 9.86. The Morgan fingerprint density at radius 2 is 1.06 bits per heavy atom. The topological polar surface area (TPSA) is 13.1 Å². The summed E-state index contributed by atoms with van der Waals surface area (Å²) in [6, 6.07) is 13.1. The fraction of sp³-hybridized carbons (Fsp3) is 0.0204. The van der Waals surface area contributed by atoms with Gasteiger partial charge in [-0.25, -0.2) is 0 Å². The van der Waals surface area contributed by atoms with Crippen LogP contribution in [0, 0.1) is 0 Å². The van der Waals surface area contributed by atoms with Crippen LogP contribution in [0.25, 0.3) is 87.6 Å². The molecule has 0 unspecified atom stereocenters. The molecule has 234 valence electrons. The molecular weight excluding hydrogens is 605 g/mol. The Morgan fingerprint density at radius 3 is 1.84 bits per heavy atom. The van der Waals surface area contributed by atoms with E-state index in [0.29, 0.717) is 11.0 Å². The zero-order valence-electron chi connectivity index (χ0n) is 43.1. The predicted octanol–water partition coefficient (Wildman–Crippen LogP) is 13.6. The molecule has 50 heavy (non-hydrogen) atoms. The molecule has 1 nitrogen and oxygen atoms in total. The molecule has 10 aromatic rings. The van der Waals surface area contributed by atoms with Gasteiger partial charge in [-0.1, -0.05) is 169 Å². The smallest absolute Gasteiger partial charge is 0.143 e. The van der Waals surface area contributed by atoms with Crippen LogP contribution < -0.4 is 0 Å². The van der Waals surface area contributed by atoms with Gasteiger partial charge in [0, 0.05) is 16.3 Å². The maximum Gasteiger partial charge on any atom is 0.143 e. The van der Waals surface area contributed by atoms with Gasteiger partial charge >= 0.3 is 0 Å². The Kier molecular flexibility index (Phi) is 3.79. The first-order chi connectivity index (χ1) is 31.9. The Hall–Kier alpha value is -6.44. The molecule has 1 heteroatoms. The second-order valence-corrected chi connectivity index (χ2v) is 11.9. The lowest BCUT2D eigenvalue weighted by Crippen LogP contribution is -1.95. The van der Waals surface area contributed by atoms with Crippen LogP contribution >= 0.6 is 0 Å². The standard InChI is InChI=1S/C49H32O/c1-2-12-32(13-3-1)30-45-40-17-6-8-19-42(40)48(43-20-9-7-18-41(43)45)35-26-24-34(25-27-35)39-22-11-23-44-46-31-36(28-29-47(46)50-49(39)44)38-21-10-15-33-14-4-5-16-37(33)38/h1-29,31H,30H2/i1D,2D,3D,6D,7D,8D,9D,12D,13D,17D,18D,19D,20D,24D,25D,26D,27D. The molecule has 1 heterocycles. The molecule has 0 bridgehead atoms. The van der Waals surface area contributed by atoms with Crippen molar-refractivity contribution in [3.05, 3.63) is 193 Å². The monoisotopic (exact) mass is 653 g/mol. The van der Waals surface area contributed by atoms with Gasteiger partial charge in [0.2, 0.25) is 0 Å². The summed E-state index contributed by atoms with van der Waals surface area (Å²) in [4.78, 5) is 0. The first-order valence-corrected chi connectivity index (χ1v) is 15.9. The third kappa shape index (κ3) is 4.63. The number of rotatable bonds is 5. The van der Waals surface area contributed by atoms with Crippen molar-refractivity contribution in [2.45, 2.75) is 6.42 Å². The minimum atomic E-state index is -0.778. The summed E-state index contributed by atoms with van der Waals surface area (Å²) < 4.78 is 159. The van der Waals surface area contributed by atoms with Crippen molar-refractivity contribution in [2.24, 2.45) is 0 Å². The molecule has 0 atom stereocenters. The summed E-state index contributed by atoms with van der Waals surface area (Å²) in [6.45, 7) is 0. The fourth-order valence-electron chi connectivity index (χ4n) is 6.88. The number of hydrogen-bond acceptors (Lipinski definition) is 1. The van der Waals surface area contributed by atoms with Crippen LogP contribution in [0.15, 0.2) is 186 Å². The SMILES string of the molecule is [2H]c1c([2H])c([2H])c(Cc2c3c([2H])c([2H])c([2H])c([2H])c3c(-c3c([2H])c([2H])c(-c4cccc5c4oc4ccc(-c6cccc7ccccc67)cc45)c([2H])c3[2H])c3c([2H])c([2H])c([2H])c([2H])c23)c([2H])c1[2H]. The van der Waals surface area contributed by atoms with Crippen molar-refractivity contribution in [3.63, 3.8) is 0 Å². The minimum absolute atomic E-state index is 0.159. The highest BCUT2D eigenvalue weighted by Crippen LogP contribution is 2.42. The van der Waals surface area contributed by atoms with Crippen LogP contribution in [-0.4, -0.2) is 0 Å². The molecule has 0 N–H and O–H groups in total. The molecule has 0 spiro atoms. The minimum Gasteiger partial charge on any atom is -0.455 e. The van der Waals surface area contributed by atoms with Gasteiger partial charge in [0.1, 0.15) is 11.2 Å². The number of para-hydroxylation sites is 1. The number of fused-ring (bicyclic) bond motifs is 6. The van der Waals surface area contributed by atoms with Gasteiger partial charge in [-0.2, -0.15) is 0 Å². The highest BCUT2D eigenvalue weighted by Gasteiger charge is 2.17. The highest BCUT2D eigenvalue weighted by atomic mass is 16.3. The molecule has 0 saturated heterocycles. The van der Waals surface area contributed by atoms with E-state index in [1.54, 1.807) is 12.1 Å². The summed E-state index contributed by atoms with van der Waals surface area (Å²) >= 11 is 0. The molecule has 0 aliphatic carbocycles. The Morgan fingerprint density at radius 1 is 0.440 bits per heavy atom. The van der Waals surface area contributed by atoms with E-state index in [4.69, 9.17) is 16.8 Å². The Labute approximate surface area is 314 Å². The Bertz CT molecular complexity index is 3730. The van der Waals surface area contributed by atoms with Crippen molar-refractivity contribution in [1.29, 1.82) is 0 Å². The third-order valence-electron chi connectivity index (χ3n) is 9.13. The van der Waals surface area contributed by atoms with Crippen molar-refractivity contribution in [2.75, 3.05) is 0 Å². The summed E-state index contributed by atoms with van der Waals surface area (Å²) in [7, 11) is 0. The molecule has 0 aliphatic heterocycles. The zero-order valence-corrected chi connectivity index (χ0v) is 26.1. The Balaban J connectivity index is 1.28. The van der Waals surface area contributed by atoms with Crippen LogP contribution in [0.3, 0.4) is 0 Å². The molecule has 1 aromatic heterocycles. The number of hydrogen-bond donors (Lipinski definition) is 0. The van der Waals surface area contributed by atoms with E-state index in [0.717, 1.165) is 27.3 Å². The third-order valence-corrected chi connectivity index (χ3v) is 9.13. The van der Waals surface area contributed by atoms with Crippen LogP contribution in [0.5, 0.6) is 0 Å². The average Bonchev–Trinajstić information content (AvgIpc) is 3.71. The molecule has 9 aromatic carbocycles. The van der Waals surface area contributed by atoms with Crippen LogP contribution in [-0.2, 0) is 6.42 Å². The van der Waals surface area contributed by atoms with E-state index in [9.17, 15) is 11.0 Å². The second-order valence-electron chi connectivity index (χ2n) is 11.9. The first-order valence-electron chi connectivity index (χ1n) is 24.4. The van der Waals surface area contributed by atoms with Gasteiger partial charge in [-0.3, -0.25) is 0 Å². The molecule has 10 rings (SSSR count). The normalized spacial score (nSPS) is 16.4. The maximum atomic E-state index is 9.60. The van der Waals surface area contributed by atoms with Crippen LogP contribution in [0.4, 0.5) is 0 Å². The van der Waals surface area contributed by atoms with E-state index in [1.807, 2.05) is 66.7 Å². The van der Waals surface area contributed by atoms with E-state index in [-0.39, 0.29) is 38.6 Å². The summed E-state index contributed by atoms with van der Waals surface area (Å²) in [5.41, 5.74) is 1.26. The number of benzene rings is 9. The number of furan rings is 1. The van der Waals surface area contributed by atoms with E-state index in [1.165, 1.54) is 0 Å². The second kappa shape index (κ2) is 11.6. The van der Waals surface area contributed by atoms with Gasteiger partial charge in [-0.15, -0.1) is 0 Å². The van der Waals surface area contributed by atoms with Crippen molar-refractivity contribution >= 4 is 54.3 Å². The van der Waals surface area contributed by atoms with Gasteiger partial charge < -0.3 is 4.42 Å². The summed E-state index contributed by atoms with van der Waals surface area (Å²) in [5.74, 6) is 0. The molecule has 0 amide bonds. The largest absolute Gasteiger partial charge is 0.455 e. The van der Waals surface area contributed by atoms with Gasteiger partial charge in [0.25, 0.3) is 0 Å². The van der Waals surface area contributed by atoms with Gasteiger partial charge in [0.15, 0.2) is 0 Å².